The van der Waals surface area contributed by atoms with E-state index in [-0.39, 0.29) is 0 Å². The molecule has 0 bridgehead atoms. The van der Waals surface area contributed by atoms with Crippen molar-refractivity contribution in [3.8, 4) is 35.5 Å². The Hall–Kier alpha value is -1.40. The second-order valence-electron chi connectivity index (χ2n) is 3.59. The maximum Gasteiger partial charge on any atom is 0.0107 e. The molecule has 0 aromatic rings. The Bertz CT molecular complexity index is 319. The molecule has 1 N–H and O–H groups in total. The zero-order valence-corrected chi connectivity index (χ0v) is 11.2. The molecule has 0 aliphatic carbocycles. The predicted molar refractivity (Wildman–Crippen MR) is 74.3 cm³/mol. The van der Waals surface area contributed by atoms with Crippen LogP contribution in [0.2, 0.25) is 0 Å². The van der Waals surface area contributed by atoms with Crippen LogP contribution >= 0.6 is 0 Å². The monoisotopic (exact) mass is 230 g/mol. The third-order valence-electron chi connectivity index (χ3n) is 2.19. The molecule has 1 fully saturated rings. The summed E-state index contributed by atoms with van der Waals surface area (Å²) in [5, 5.41) is 3.33. The minimum atomic E-state index is 1.18. The Kier molecular flexibility index (Phi) is 11.6. The van der Waals surface area contributed by atoms with Gasteiger partial charge in [-0.25, -0.2) is 0 Å². The van der Waals surface area contributed by atoms with Gasteiger partial charge >= 0.3 is 0 Å². The third kappa shape index (κ3) is 10.9. The van der Waals surface area contributed by atoms with E-state index in [2.05, 4.69) is 52.7 Å². The number of hydrogen-bond donors (Lipinski definition) is 1. The van der Waals surface area contributed by atoms with Gasteiger partial charge in [0, 0.05) is 26.2 Å². The van der Waals surface area contributed by atoms with Crippen LogP contribution in [-0.4, -0.2) is 37.6 Å². The van der Waals surface area contributed by atoms with Crippen LogP contribution in [-0.2, 0) is 0 Å². The first-order chi connectivity index (χ1) is 8.35. The third-order valence-corrected chi connectivity index (χ3v) is 2.19. The lowest BCUT2D eigenvalue weighted by atomic mass is 10.3. The van der Waals surface area contributed by atoms with Crippen molar-refractivity contribution in [3.63, 3.8) is 0 Å². The largest absolute Gasteiger partial charge is 0.314 e. The topological polar surface area (TPSA) is 15.3 Å². The van der Waals surface area contributed by atoms with Crippen LogP contribution in [0.15, 0.2) is 0 Å². The number of piperazine rings is 1. The van der Waals surface area contributed by atoms with E-state index in [0.717, 1.165) is 0 Å². The van der Waals surface area contributed by atoms with Gasteiger partial charge in [-0.3, -0.25) is 0 Å². The summed E-state index contributed by atoms with van der Waals surface area (Å²) < 4.78 is 0. The first-order valence-corrected chi connectivity index (χ1v) is 6.11. The molecule has 92 valence electrons. The molecule has 0 unspecified atom stereocenters. The van der Waals surface area contributed by atoms with Gasteiger partial charge in [-0.05, 0) is 50.5 Å². The van der Waals surface area contributed by atoms with Gasteiger partial charge in [-0.2, -0.15) is 0 Å². The molecule has 1 heterocycles. The Morgan fingerprint density at radius 3 is 1.88 bits per heavy atom. The highest BCUT2D eigenvalue weighted by Gasteiger charge is 2.06. The quantitative estimate of drug-likeness (QED) is 0.720. The standard InChI is InChI=1S/C8H6.C7H16N2/c1-3-5-7-8-6-4-2;1-2-5-9-6-3-8-4-7-9/h1-2H3;8H,2-7H2,1H3. The highest BCUT2D eigenvalue weighted by molar-refractivity contribution is 5.34. The van der Waals surface area contributed by atoms with Crippen LogP contribution in [0.1, 0.15) is 27.2 Å². The zero-order valence-electron chi connectivity index (χ0n) is 11.2. The maximum absolute atomic E-state index is 3.33. The minimum Gasteiger partial charge on any atom is -0.314 e. The van der Waals surface area contributed by atoms with E-state index in [9.17, 15) is 0 Å². The first-order valence-electron chi connectivity index (χ1n) is 6.11. The van der Waals surface area contributed by atoms with Gasteiger partial charge in [-0.15, -0.1) is 0 Å². The van der Waals surface area contributed by atoms with Gasteiger partial charge in [-0.1, -0.05) is 18.8 Å². The summed E-state index contributed by atoms with van der Waals surface area (Å²) in [4.78, 5) is 2.51. The van der Waals surface area contributed by atoms with Crippen molar-refractivity contribution in [2.24, 2.45) is 0 Å². The molecule has 0 aromatic carbocycles. The molecule has 1 rings (SSSR count). The fourth-order valence-electron chi connectivity index (χ4n) is 1.44. The molecular formula is C15H22N2. The molecule has 17 heavy (non-hydrogen) atoms. The van der Waals surface area contributed by atoms with Gasteiger partial charge in [0.25, 0.3) is 0 Å². The highest BCUT2D eigenvalue weighted by Crippen LogP contribution is 1.92. The van der Waals surface area contributed by atoms with Crippen LogP contribution in [0.4, 0.5) is 0 Å². The summed E-state index contributed by atoms with van der Waals surface area (Å²) in [6.07, 6.45) is 1.29. The van der Waals surface area contributed by atoms with Crippen molar-refractivity contribution in [1.82, 2.24) is 10.2 Å². The van der Waals surface area contributed by atoms with Crippen LogP contribution in [0.25, 0.3) is 0 Å². The second kappa shape index (κ2) is 12.7. The van der Waals surface area contributed by atoms with E-state index < -0.39 is 0 Å². The average Bonchev–Trinajstić information content (AvgIpc) is 2.37. The SMILES string of the molecule is CC#CC#CC#CC.CCCN1CCNCC1. The summed E-state index contributed by atoms with van der Waals surface area (Å²) in [6.45, 7) is 11.9. The van der Waals surface area contributed by atoms with Crippen molar-refractivity contribution in [3.05, 3.63) is 0 Å². The van der Waals surface area contributed by atoms with E-state index in [1.165, 1.54) is 39.1 Å². The molecular weight excluding hydrogens is 208 g/mol. The van der Waals surface area contributed by atoms with Gasteiger partial charge < -0.3 is 10.2 Å². The van der Waals surface area contributed by atoms with Gasteiger partial charge in [0.15, 0.2) is 0 Å². The number of nitrogens with one attached hydrogen (secondary N) is 1. The molecule has 0 atom stereocenters. The molecule has 1 aliphatic heterocycles. The lowest BCUT2D eigenvalue weighted by molar-refractivity contribution is 0.241. The second-order valence-corrected chi connectivity index (χ2v) is 3.59. The molecule has 0 amide bonds. The van der Waals surface area contributed by atoms with Crippen molar-refractivity contribution < 1.29 is 0 Å². The minimum absolute atomic E-state index is 1.18. The molecule has 1 aliphatic rings. The van der Waals surface area contributed by atoms with Crippen molar-refractivity contribution >= 4 is 0 Å². The molecule has 2 nitrogen and oxygen atoms in total. The fraction of sp³-hybridized carbons (Fsp3) is 0.600. The van der Waals surface area contributed by atoms with E-state index in [0.29, 0.717) is 0 Å². The van der Waals surface area contributed by atoms with Crippen molar-refractivity contribution in [1.29, 1.82) is 0 Å². The van der Waals surface area contributed by atoms with E-state index in [4.69, 9.17) is 0 Å². The Morgan fingerprint density at radius 2 is 1.47 bits per heavy atom. The van der Waals surface area contributed by atoms with Crippen LogP contribution < -0.4 is 5.32 Å². The van der Waals surface area contributed by atoms with E-state index in [1.54, 1.807) is 13.8 Å². The lowest BCUT2D eigenvalue weighted by Crippen LogP contribution is -2.43. The average molecular weight is 230 g/mol. The molecule has 0 spiro atoms. The molecule has 0 aromatic heterocycles. The summed E-state index contributed by atoms with van der Waals surface area (Å²) >= 11 is 0. The highest BCUT2D eigenvalue weighted by atomic mass is 15.2. The Labute approximate surface area is 106 Å². The normalized spacial score (nSPS) is 13.6. The van der Waals surface area contributed by atoms with Crippen LogP contribution in [0.3, 0.4) is 0 Å². The number of rotatable bonds is 2. The summed E-state index contributed by atoms with van der Waals surface area (Å²) in [5.74, 6) is 15.5. The van der Waals surface area contributed by atoms with Crippen molar-refractivity contribution in [2.45, 2.75) is 27.2 Å². The number of hydrogen-bond acceptors (Lipinski definition) is 2. The first kappa shape index (κ1) is 15.6. The molecule has 1 saturated heterocycles. The number of nitrogens with zero attached hydrogens (tertiary/aromatic N) is 1. The predicted octanol–water partition coefficient (Wildman–Crippen LogP) is 1.34. The van der Waals surface area contributed by atoms with E-state index in [1.807, 2.05) is 0 Å². The summed E-state index contributed by atoms with van der Waals surface area (Å²) in [7, 11) is 0. The van der Waals surface area contributed by atoms with Crippen molar-refractivity contribution in [2.75, 3.05) is 32.7 Å². The smallest absolute Gasteiger partial charge is 0.0107 e. The van der Waals surface area contributed by atoms with Gasteiger partial charge in [0.2, 0.25) is 0 Å². The molecule has 2 heteroatoms. The maximum atomic E-state index is 3.33. The van der Waals surface area contributed by atoms with Crippen LogP contribution in [0.5, 0.6) is 0 Å². The summed E-state index contributed by atoms with van der Waals surface area (Å²) in [5.41, 5.74) is 0. The van der Waals surface area contributed by atoms with E-state index >= 15 is 0 Å². The molecule has 0 saturated carbocycles. The van der Waals surface area contributed by atoms with Gasteiger partial charge in [0.1, 0.15) is 0 Å². The summed E-state index contributed by atoms with van der Waals surface area (Å²) in [6, 6.07) is 0. The Balaban J connectivity index is 0.000000304. The van der Waals surface area contributed by atoms with Gasteiger partial charge in [0.05, 0.1) is 0 Å². The van der Waals surface area contributed by atoms with Crippen LogP contribution in [0, 0.1) is 35.5 Å². The lowest BCUT2D eigenvalue weighted by Gasteiger charge is -2.26. The zero-order chi connectivity index (χ0) is 12.8. The fourth-order valence-corrected chi connectivity index (χ4v) is 1.44. The Morgan fingerprint density at radius 1 is 0.941 bits per heavy atom. The molecule has 0 radical (unpaired) electrons.